The molecule has 0 spiro atoms. The highest BCUT2D eigenvalue weighted by molar-refractivity contribution is 4.92. The molecule has 1 saturated carbocycles. The van der Waals surface area contributed by atoms with E-state index in [0.717, 1.165) is 18.5 Å². The quantitative estimate of drug-likeness (QED) is 0.788. The lowest BCUT2D eigenvalue weighted by molar-refractivity contribution is -0.0116. The van der Waals surface area contributed by atoms with Gasteiger partial charge in [0.05, 0.1) is 5.60 Å². The van der Waals surface area contributed by atoms with Gasteiger partial charge in [0.25, 0.3) is 0 Å². The minimum absolute atomic E-state index is 0.442. The number of piperidine rings is 1. The Bertz CT molecular complexity index is 265. The largest absolute Gasteiger partial charge is 0.388 e. The molecule has 0 radical (unpaired) electrons. The Morgan fingerprint density at radius 2 is 2.00 bits per heavy atom. The third kappa shape index (κ3) is 3.69. The monoisotopic (exact) mass is 254 g/mol. The van der Waals surface area contributed by atoms with Crippen molar-refractivity contribution in [3.05, 3.63) is 0 Å². The number of β-amino-alcohol motifs (C(OH)–C–C–N with tert-alkyl or cyclic N) is 1. The van der Waals surface area contributed by atoms with E-state index >= 15 is 0 Å². The van der Waals surface area contributed by atoms with Gasteiger partial charge >= 0.3 is 0 Å². The van der Waals surface area contributed by atoms with E-state index in [1.54, 1.807) is 0 Å². The normalized spacial score (nSPS) is 32.5. The molecular weight excluding hydrogens is 224 g/mol. The van der Waals surface area contributed by atoms with Crippen LogP contribution >= 0.6 is 0 Å². The van der Waals surface area contributed by atoms with Gasteiger partial charge in [-0.1, -0.05) is 20.3 Å². The maximum absolute atomic E-state index is 10.5. The first-order chi connectivity index (χ1) is 8.48. The lowest BCUT2D eigenvalue weighted by atomic mass is 9.90. The summed E-state index contributed by atoms with van der Waals surface area (Å²) >= 11 is 0. The van der Waals surface area contributed by atoms with Gasteiger partial charge in [0, 0.05) is 25.2 Å². The fourth-order valence-corrected chi connectivity index (χ4v) is 3.67. The van der Waals surface area contributed by atoms with Crippen LogP contribution in [0.2, 0.25) is 0 Å². The Morgan fingerprint density at radius 1 is 1.28 bits per heavy atom. The molecule has 2 N–H and O–H groups in total. The zero-order valence-corrected chi connectivity index (χ0v) is 12.3. The average molecular weight is 254 g/mol. The number of hydrogen-bond donors (Lipinski definition) is 2. The van der Waals surface area contributed by atoms with Gasteiger partial charge in [0.2, 0.25) is 0 Å². The Hall–Kier alpha value is -0.120. The van der Waals surface area contributed by atoms with Crippen molar-refractivity contribution in [2.75, 3.05) is 19.6 Å². The van der Waals surface area contributed by atoms with Gasteiger partial charge in [-0.25, -0.2) is 0 Å². The second-order valence-corrected chi connectivity index (χ2v) is 6.90. The predicted molar refractivity (Wildman–Crippen MR) is 75.7 cm³/mol. The number of nitrogens with zero attached hydrogens (tertiary/aromatic N) is 1. The van der Waals surface area contributed by atoms with Crippen molar-refractivity contribution in [3.63, 3.8) is 0 Å². The molecule has 0 amide bonds. The number of rotatable bonds is 5. The smallest absolute Gasteiger partial charge is 0.0869 e. The lowest BCUT2D eigenvalue weighted by Crippen LogP contribution is -2.53. The second kappa shape index (κ2) is 5.89. The molecule has 3 unspecified atom stereocenters. The molecule has 0 aromatic rings. The molecule has 2 aliphatic rings. The summed E-state index contributed by atoms with van der Waals surface area (Å²) in [5.74, 6) is 0.910. The van der Waals surface area contributed by atoms with Gasteiger partial charge in [-0.2, -0.15) is 0 Å². The zero-order chi connectivity index (χ0) is 13.2. The van der Waals surface area contributed by atoms with E-state index in [2.05, 4.69) is 24.1 Å². The average Bonchev–Trinajstić information content (AvgIpc) is 2.75. The van der Waals surface area contributed by atoms with Gasteiger partial charge < -0.3 is 10.4 Å². The third-order valence-electron chi connectivity index (χ3n) is 4.54. The Kier molecular flexibility index (Phi) is 4.68. The predicted octanol–water partition coefficient (Wildman–Crippen LogP) is 2.00. The molecule has 0 aromatic carbocycles. The van der Waals surface area contributed by atoms with E-state index in [-0.39, 0.29) is 0 Å². The summed E-state index contributed by atoms with van der Waals surface area (Å²) in [6.45, 7) is 8.93. The van der Waals surface area contributed by atoms with Crippen LogP contribution in [0.1, 0.15) is 52.9 Å². The molecule has 3 nitrogen and oxygen atoms in total. The van der Waals surface area contributed by atoms with Crippen LogP contribution in [0.15, 0.2) is 0 Å². The summed E-state index contributed by atoms with van der Waals surface area (Å²) in [6, 6.07) is 1.20. The van der Waals surface area contributed by atoms with Crippen LogP contribution in [0, 0.1) is 5.92 Å². The summed E-state index contributed by atoms with van der Waals surface area (Å²) in [4.78, 5) is 2.56. The van der Waals surface area contributed by atoms with Crippen LogP contribution < -0.4 is 5.32 Å². The maximum atomic E-state index is 10.5. The topological polar surface area (TPSA) is 35.5 Å². The Balaban J connectivity index is 1.87. The van der Waals surface area contributed by atoms with E-state index in [0.29, 0.717) is 12.6 Å². The molecular formula is C15H30N2O. The van der Waals surface area contributed by atoms with Crippen molar-refractivity contribution in [3.8, 4) is 0 Å². The van der Waals surface area contributed by atoms with E-state index in [1.165, 1.54) is 38.6 Å². The number of aliphatic hydroxyl groups is 1. The summed E-state index contributed by atoms with van der Waals surface area (Å²) < 4.78 is 0. The molecule has 1 heterocycles. The van der Waals surface area contributed by atoms with Crippen molar-refractivity contribution < 1.29 is 5.11 Å². The fraction of sp³-hybridized carbons (Fsp3) is 1.00. The molecule has 18 heavy (non-hydrogen) atoms. The lowest BCUT2D eigenvalue weighted by Gasteiger charge is -2.41. The van der Waals surface area contributed by atoms with E-state index in [1.807, 2.05) is 6.92 Å². The summed E-state index contributed by atoms with van der Waals surface area (Å²) in [5, 5.41) is 13.9. The van der Waals surface area contributed by atoms with Gasteiger partial charge in [0.15, 0.2) is 0 Å². The van der Waals surface area contributed by atoms with Crippen LogP contribution in [-0.4, -0.2) is 47.3 Å². The van der Waals surface area contributed by atoms with Crippen LogP contribution in [0.3, 0.4) is 0 Å². The van der Waals surface area contributed by atoms with Gasteiger partial charge in [0.1, 0.15) is 0 Å². The van der Waals surface area contributed by atoms with Crippen molar-refractivity contribution in [1.29, 1.82) is 0 Å². The van der Waals surface area contributed by atoms with Crippen molar-refractivity contribution in [2.24, 2.45) is 5.92 Å². The van der Waals surface area contributed by atoms with Gasteiger partial charge in [-0.05, 0) is 45.1 Å². The number of hydrogen-bond acceptors (Lipinski definition) is 3. The van der Waals surface area contributed by atoms with Crippen LogP contribution in [0.4, 0.5) is 0 Å². The fourth-order valence-electron chi connectivity index (χ4n) is 3.67. The Morgan fingerprint density at radius 3 is 2.72 bits per heavy atom. The number of fused-ring (bicyclic) bond motifs is 1. The van der Waals surface area contributed by atoms with Crippen molar-refractivity contribution in [1.82, 2.24) is 10.2 Å². The number of likely N-dealkylation sites (tertiary alicyclic amines) is 1. The molecule has 1 aliphatic heterocycles. The van der Waals surface area contributed by atoms with Gasteiger partial charge in [-0.15, -0.1) is 0 Å². The molecule has 2 rings (SSSR count). The second-order valence-electron chi connectivity index (χ2n) is 6.90. The highest BCUT2D eigenvalue weighted by Crippen LogP contribution is 2.37. The first-order valence-electron chi connectivity index (χ1n) is 7.68. The number of nitrogens with one attached hydrogen (secondary N) is 1. The third-order valence-corrected chi connectivity index (χ3v) is 4.54. The summed E-state index contributed by atoms with van der Waals surface area (Å²) in [6.07, 6.45) is 6.87. The van der Waals surface area contributed by atoms with Crippen LogP contribution in [0.25, 0.3) is 0 Å². The molecule has 0 aromatic heterocycles. The highest BCUT2D eigenvalue weighted by Gasteiger charge is 2.37. The molecule has 3 atom stereocenters. The van der Waals surface area contributed by atoms with Crippen molar-refractivity contribution >= 4 is 0 Å². The molecule has 1 saturated heterocycles. The summed E-state index contributed by atoms with van der Waals surface area (Å²) in [5.41, 5.74) is -0.602. The highest BCUT2D eigenvalue weighted by atomic mass is 16.3. The van der Waals surface area contributed by atoms with E-state index in [4.69, 9.17) is 0 Å². The molecule has 1 aliphatic carbocycles. The minimum Gasteiger partial charge on any atom is -0.388 e. The van der Waals surface area contributed by atoms with Gasteiger partial charge in [-0.3, -0.25) is 4.90 Å². The van der Waals surface area contributed by atoms with E-state index in [9.17, 15) is 5.11 Å². The molecule has 0 bridgehead atoms. The zero-order valence-electron chi connectivity index (χ0n) is 12.3. The first kappa shape index (κ1) is 14.3. The summed E-state index contributed by atoms with van der Waals surface area (Å²) in [7, 11) is 0. The van der Waals surface area contributed by atoms with E-state index < -0.39 is 5.60 Å². The SMILES string of the molecule is CC(C)NCC(C)(O)CN1CCCC2CCCC21. The van der Waals surface area contributed by atoms with Crippen LogP contribution in [0.5, 0.6) is 0 Å². The first-order valence-corrected chi connectivity index (χ1v) is 7.68. The molecule has 2 fully saturated rings. The minimum atomic E-state index is -0.602. The molecule has 3 heteroatoms. The maximum Gasteiger partial charge on any atom is 0.0869 e. The molecule has 106 valence electrons. The Labute approximate surface area is 112 Å². The van der Waals surface area contributed by atoms with Crippen molar-refractivity contribution in [2.45, 2.75) is 70.6 Å². The van der Waals surface area contributed by atoms with Crippen LogP contribution in [-0.2, 0) is 0 Å². The standard InChI is InChI=1S/C15H30N2O/c1-12(2)16-10-15(3,18)11-17-9-5-7-13-6-4-8-14(13)17/h12-14,16,18H,4-11H2,1-3H3.